The van der Waals surface area contributed by atoms with E-state index in [1.165, 1.54) is 5.56 Å². The zero-order valence-electron chi connectivity index (χ0n) is 16.6. The number of fused-ring (bicyclic) bond motifs is 2. The average molecular weight is 375 g/mol. The van der Waals surface area contributed by atoms with E-state index in [0.29, 0.717) is 19.6 Å². The van der Waals surface area contributed by atoms with Crippen LogP contribution < -0.4 is 14.8 Å². The molecule has 0 saturated heterocycles. The van der Waals surface area contributed by atoms with Crippen molar-refractivity contribution < 1.29 is 14.3 Å². The molecule has 0 bridgehead atoms. The van der Waals surface area contributed by atoms with Gasteiger partial charge in [0.1, 0.15) is 13.2 Å². The molecule has 28 heavy (non-hydrogen) atoms. The quantitative estimate of drug-likeness (QED) is 0.765. The van der Waals surface area contributed by atoms with Crippen molar-refractivity contribution in [2.75, 3.05) is 18.5 Å². The van der Waals surface area contributed by atoms with Gasteiger partial charge in [-0.25, -0.2) is 0 Å². The monoisotopic (exact) mass is 375 g/mol. The highest BCUT2D eigenvalue weighted by atomic mass is 16.6. The third kappa shape index (κ3) is 2.79. The number of Topliss-reactive ketones (excluding diaryl/α,β-unsaturated/α-hetero) is 1. The lowest BCUT2D eigenvalue weighted by atomic mass is 9.68. The first-order valence-corrected chi connectivity index (χ1v) is 9.95. The van der Waals surface area contributed by atoms with Crippen LogP contribution in [0.2, 0.25) is 0 Å². The average Bonchev–Trinajstić information content (AvgIpc) is 2.64. The number of anilines is 1. The Bertz CT molecular complexity index is 1000. The highest BCUT2D eigenvalue weighted by Crippen LogP contribution is 2.51. The molecule has 144 valence electrons. The number of carbonyl (C=O) groups excluding carboxylic acids is 1. The van der Waals surface area contributed by atoms with Crippen molar-refractivity contribution >= 4 is 11.5 Å². The maximum Gasteiger partial charge on any atom is 0.163 e. The Morgan fingerprint density at radius 1 is 1.00 bits per heavy atom. The smallest absolute Gasteiger partial charge is 0.163 e. The second kappa shape index (κ2) is 6.13. The number of ether oxygens (including phenoxy) is 2. The van der Waals surface area contributed by atoms with Gasteiger partial charge in [0.05, 0.1) is 0 Å². The number of hydrogen-bond acceptors (Lipinski definition) is 4. The molecule has 2 heterocycles. The minimum absolute atomic E-state index is 0.0356. The zero-order chi connectivity index (χ0) is 19.5. The normalized spacial score (nSPS) is 22.2. The molecule has 2 aromatic carbocycles. The van der Waals surface area contributed by atoms with Gasteiger partial charge in [-0.2, -0.15) is 0 Å². The van der Waals surface area contributed by atoms with E-state index >= 15 is 0 Å². The summed E-state index contributed by atoms with van der Waals surface area (Å²) >= 11 is 0. The van der Waals surface area contributed by atoms with Crippen molar-refractivity contribution in [3.8, 4) is 11.5 Å². The third-order valence-corrected chi connectivity index (χ3v) is 5.93. The van der Waals surface area contributed by atoms with Crippen molar-refractivity contribution in [3.05, 3.63) is 64.4 Å². The van der Waals surface area contributed by atoms with Crippen LogP contribution in [-0.2, 0) is 4.79 Å². The predicted octanol–water partition coefficient (Wildman–Crippen LogP) is 4.97. The van der Waals surface area contributed by atoms with Gasteiger partial charge in [0.2, 0.25) is 0 Å². The van der Waals surface area contributed by atoms with Gasteiger partial charge in [0.15, 0.2) is 17.3 Å². The summed E-state index contributed by atoms with van der Waals surface area (Å²) in [6.45, 7) is 7.52. The summed E-state index contributed by atoms with van der Waals surface area (Å²) in [5, 5.41) is 3.57. The van der Waals surface area contributed by atoms with E-state index in [2.05, 4.69) is 56.4 Å². The number of benzene rings is 2. The molecule has 4 nitrogen and oxygen atoms in total. The number of hydrogen-bond donors (Lipinski definition) is 1. The van der Waals surface area contributed by atoms with E-state index in [-0.39, 0.29) is 17.1 Å². The minimum Gasteiger partial charge on any atom is -0.486 e. The lowest BCUT2D eigenvalue weighted by Crippen LogP contribution is -2.34. The van der Waals surface area contributed by atoms with Crippen LogP contribution >= 0.6 is 0 Å². The van der Waals surface area contributed by atoms with E-state index in [4.69, 9.17) is 9.47 Å². The van der Waals surface area contributed by atoms with E-state index in [1.807, 2.05) is 6.07 Å². The van der Waals surface area contributed by atoms with Crippen molar-refractivity contribution in [1.82, 2.24) is 0 Å². The van der Waals surface area contributed by atoms with Crippen LogP contribution in [0.5, 0.6) is 11.5 Å². The van der Waals surface area contributed by atoms with Crippen LogP contribution in [0, 0.1) is 12.3 Å². The SMILES string of the molecule is Cc1ccc(C2C3=C(CC(C)(C)CC3=O)Nc3cc4c(cc32)OCCO4)cc1. The van der Waals surface area contributed by atoms with Gasteiger partial charge in [-0.1, -0.05) is 43.7 Å². The minimum atomic E-state index is -0.0775. The van der Waals surface area contributed by atoms with Gasteiger partial charge in [-0.15, -0.1) is 0 Å². The molecule has 5 rings (SSSR count). The van der Waals surface area contributed by atoms with Crippen LogP contribution in [0.4, 0.5) is 5.69 Å². The van der Waals surface area contributed by atoms with E-state index in [9.17, 15) is 4.79 Å². The Kier molecular flexibility index (Phi) is 3.80. The molecule has 0 fully saturated rings. The van der Waals surface area contributed by atoms with E-state index in [1.54, 1.807) is 0 Å². The van der Waals surface area contributed by atoms with Crippen molar-refractivity contribution in [2.24, 2.45) is 5.41 Å². The number of aryl methyl sites for hydroxylation is 1. The van der Waals surface area contributed by atoms with Crippen LogP contribution in [0.3, 0.4) is 0 Å². The first kappa shape index (κ1) is 17.4. The fraction of sp³-hybridized carbons (Fsp3) is 0.375. The molecule has 0 aromatic heterocycles. The van der Waals surface area contributed by atoms with Crippen LogP contribution in [0.15, 0.2) is 47.7 Å². The lowest BCUT2D eigenvalue weighted by molar-refractivity contribution is -0.118. The molecule has 0 amide bonds. The van der Waals surface area contributed by atoms with Gasteiger partial charge in [0, 0.05) is 35.4 Å². The van der Waals surface area contributed by atoms with Crippen molar-refractivity contribution in [3.63, 3.8) is 0 Å². The number of carbonyl (C=O) groups is 1. The highest BCUT2D eigenvalue weighted by molar-refractivity contribution is 6.01. The second-order valence-electron chi connectivity index (χ2n) is 8.88. The molecule has 3 aliphatic rings. The summed E-state index contributed by atoms with van der Waals surface area (Å²) < 4.78 is 11.6. The second-order valence-corrected chi connectivity index (χ2v) is 8.88. The third-order valence-electron chi connectivity index (χ3n) is 5.93. The number of ketones is 1. The predicted molar refractivity (Wildman–Crippen MR) is 109 cm³/mol. The van der Waals surface area contributed by atoms with Crippen molar-refractivity contribution in [2.45, 2.75) is 39.5 Å². The number of rotatable bonds is 1. The fourth-order valence-electron chi connectivity index (χ4n) is 4.66. The molecule has 4 heteroatoms. The van der Waals surface area contributed by atoms with Gasteiger partial charge in [-0.05, 0) is 36.0 Å². The zero-order valence-corrected chi connectivity index (χ0v) is 16.6. The number of allylic oxidation sites excluding steroid dienone is 2. The Balaban J connectivity index is 1.72. The summed E-state index contributed by atoms with van der Waals surface area (Å²) in [6.07, 6.45) is 1.44. The first-order chi connectivity index (χ1) is 13.4. The van der Waals surface area contributed by atoms with Gasteiger partial charge < -0.3 is 14.8 Å². The molecule has 0 saturated carbocycles. The molecule has 1 aliphatic carbocycles. The molecule has 2 aliphatic heterocycles. The lowest BCUT2D eigenvalue weighted by Gasteiger charge is -2.40. The van der Waals surface area contributed by atoms with E-state index in [0.717, 1.165) is 46.0 Å². The molecular formula is C24H25NO3. The summed E-state index contributed by atoms with van der Waals surface area (Å²) in [5.41, 5.74) is 6.38. The van der Waals surface area contributed by atoms with Crippen molar-refractivity contribution in [1.29, 1.82) is 0 Å². The Labute approximate surface area is 165 Å². The molecule has 1 atom stereocenters. The molecule has 0 radical (unpaired) electrons. The molecule has 1 unspecified atom stereocenters. The Morgan fingerprint density at radius 3 is 2.39 bits per heavy atom. The summed E-state index contributed by atoms with van der Waals surface area (Å²) in [7, 11) is 0. The molecule has 1 N–H and O–H groups in total. The van der Waals surface area contributed by atoms with Crippen LogP contribution in [0.1, 0.15) is 49.3 Å². The maximum absolute atomic E-state index is 13.2. The van der Waals surface area contributed by atoms with Gasteiger partial charge in [0.25, 0.3) is 0 Å². The highest BCUT2D eigenvalue weighted by Gasteiger charge is 2.41. The van der Waals surface area contributed by atoms with Gasteiger partial charge in [-0.3, -0.25) is 4.79 Å². The topological polar surface area (TPSA) is 47.6 Å². The van der Waals surface area contributed by atoms with Crippen LogP contribution in [0.25, 0.3) is 0 Å². The maximum atomic E-state index is 13.2. The Hall–Kier alpha value is -2.75. The molecule has 2 aromatic rings. The summed E-state index contributed by atoms with van der Waals surface area (Å²) in [4.78, 5) is 13.2. The fourth-order valence-corrected chi connectivity index (χ4v) is 4.66. The first-order valence-electron chi connectivity index (χ1n) is 9.95. The largest absolute Gasteiger partial charge is 0.486 e. The van der Waals surface area contributed by atoms with E-state index < -0.39 is 0 Å². The molecule has 0 spiro atoms. The number of nitrogens with one attached hydrogen (secondary N) is 1. The standard InChI is InChI=1S/C24H25NO3/c1-14-4-6-15(7-5-14)22-16-10-20-21(28-9-8-27-20)11-17(16)25-18-12-24(2,3)13-19(26)23(18)22/h4-7,10-11,22,25H,8-9,12-13H2,1-3H3. The molecular weight excluding hydrogens is 350 g/mol. The van der Waals surface area contributed by atoms with Gasteiger partial charge >= 0.3 is 0 Å². The Morgan fingerprint density at radius 2 is 1.68 bits per heavy atom. The summed E-state index contributed by atoms with van der Waals surface area (Å²) in [5.74, 6) is 1.69. The van der Waals surface area contributed by atoms with Crippen LogP contribution in [-0.4, -0.2) is 19.0 Å². The summed E-state index contributed by atoms with van der Waals surface area (Å²) in [6, 6.07) is 12.6.